The first-order valence-electron chi connectivity index (χ1n) is 10.8. The maximum atomic E-state index is 11.6. The van der Waals surface area contributed by atoms with Crippen LogP contribution in [0.1, 0.15) is 65.9 Å². The van der Waals surface area contributed by atoms with E-state index in [0.29, 0.717) is 18.1 Å². The molecule has 0 radical (unpaired) electrons. The number of hydrogen-bond acceptors (Lipinski definition) is 2. The van der Waals surface area contributed by atoms with Crippen LogP contribution in [0.3, 0.4) is 0 Å². The number of aromatic carboxylic acids is 1. The summed E-state index contributed by atoms with van der Waals surface area (Å²) in [6.07, 6.45) is 7.25. The molecule has 3 aromatic carbocycles. The van der Waals surface area contributed by atoms with Gasteiger partial charge >= 0.3 is 5.97 Å². The summed E-state index contributed by atoms with van der Waals surface area (Å²) in [5.41, 5.74) is 4.94. The first kappa shape index (κ1) is 20.2. The fourth-order valence-corrected chi connectivity index (χ4v) is 4.36. The van der Waals surface area contributed by atoms with Gasteiger partial charge in [-0.15, -0.1) is 0 Å². The largest absolute Gasteiger partial charge is 0.489 e. The average Bonchev–Trinajstić information content (AvgIpc) is 3.08. The van der Waals surface area contributed by atoms with Crippen molar-refractivity contribution in [3.63, 3.8) is 0 Å². The van der Waals surface area contributed by atoms with E-state index in [2.05, 4.69) is 24.3 Å². The third-order valence-corrected chi connectivity index (χ3v) is 6.01. The van der Waals surface area contributed by atoms with Crippen LogP contribution in [-0.2, 0) is 6.61 Å². The summed E-state index contributed by atoms with van der Waals surface area (Å²) < 4.78 is 5.92. The van der Waals surface area contributed by atoms with E-state index in [4.69, 9.17) is 4.74 Å². The lowest BCUT2D eigenvalue weighted by molar-refractivity contribution is 0.0696. The van der Waals surface area contributed by atoms with Crippen molar-refractivity contribution in [3.05, 3.63) is 89.5 Å². The molecule has 0 aliphatic heterocycles. The minimum Gasteiger partial charge on any atom is -0.489 e. The lowest BCUT2D eigenvalue weighted by Gasteiger charge is -2.20. The monoisotopic (exact) mass is 400 g/mol. The molecule has 0 amide bonds. The van der Waals surface area contributed by atoms with Crippen LogP contribution in [0.2, 0.25) is 0 Å². The highest BCUT2D eigenvalue weighted by Crippen LogP contribution is 2.38. The van der Waals surface area contributed by atoms with Gasteiger partial charge in [0.05, 0.1) is 5.56 Å². The molecular formula is C27H28O3. The van der Waals surface area contributed by atoms with E-state index in [-0.39, 0.29) is 0 Å². The Morgan fingerprint density at radius 1 is 0.867 bits per heavy atom. The first-order chi connectivity index (χ1) is 14.7. The average molecular weight is 401 g/mol. The van der Waals surface area contributed by atoms with Gasteiger partial charge in [-0.2, -0.15) is 0 Å². The molecule has 1 saturated carbocycles. The summed E-state index contributed by atoms with van der Waals surface area (Å²) in [4.78, 5) is 11.6. The number of ether oxygens (including phenoxy) is 1. The Hall–Kier alpha value is -3.07. The van der Waals surface area contributed by atoms with Gasteiger partial charge in [0.1, 0.15) is 12.4 Å². The summed E-state index contributed by atoms with van der Waals surface area (Å²) in [7, 11) is 0. The van der Waals surface area contributed by atoms with Gasteiger partial charge in [-0.05, 0) is 65.3 Å². The van der Waals surface area contributed by atoms with Gasteiger partial charge in [-0.3, -0.25) is 0 Å². The summed E-state index contributed by atoms with van der Waals surface area (Å²) in [6, 6.07) is 23.9. The highest BCUT2D eigenvalue weighted by atomic mass is 16.5. The van der Waals surface area contributed by atoms with Gasteiger partial charge < -0.3 is 9.84 Å². The first-order valence-corrected chi connectivity index (χ1v) is 10.8. The van der Waals surface area contributed by atoms with Crippen molar-refractivity contribution in [1.29, 1.82) is 0 Å². The maximum absolute atomic E-state index is 11.6. The molecule has 1 fully saturated rings. The number of rotatable bonds is 6. The third kappa shape index (κ3) is 4.91. The van der Waals surface area contributed by atoms with Crippen molar-refractivity contribution in [3.8, 4) is 16.9 Å². The maximum Gasteiger partial charge on any atom is 0.335 e. The van der Waals surface area contributed by atoms with E-state index >= 15 is 0 Å². The van der Waals surface area contributed by atoms with Crippen LogP contribution in [0, 0.1) is 0 Å². The van der Waals surface area contributed by atoms with E-state index in [0.717, 1.165) is 35.3 Å². The van der Waals surface area contributed by atoms with Crippen LogP contribution in [0.4, 0.5) is 0 Å². The Balaban J connectivity index is 1.58. The SMILES string of the molecule is O=C(O)c1ccc(-c2ccc(OCc3ccccc3)cc2)c(C2CCCCCC2)c1. The molecular weight excluding hydrogens is 372 g/mol. The molecule has 1 aliphatic rings. The predicted octanol–water partition coefficient (Wildman–Crippen LogP) is 7.07. The number of carboxylic acid groups (broad SMARTS) is 1. The van der Waals surface area contributed by atoms with Crippen LogP contribution >= 0.6 is 0 Å². The van der Waals surface area contributed by atoms with Gasteiger partial charge in [-0.25, -0.2) is 4.79 Å². The molecule has 3 aromatic rings. The second kappa shape index (κ2) is 9.62. The number of carbonyl (C=O) groups is 1. The Morgan fingerprint density at radius 3 is 2.23 bits per heavy atom. The zero-order valence-electron chi connectivity index (χ0n) is 17.2. The van der Waals surface area contributed by atoms with Crippen molar-refractivity contribution in [1.82, 2.24) is 0 Å². The van der Waals surface area contributed by atoms with Crippen molar-refractivity contribution >= 4 is 5.97 Å². The highest BCUT2D eigenvalue weighted by molar-refractivity contribution is 5.89. The van der Waals surface area contributed by atoms with Crippen LogP contribution in [0.5, 0.6) is 5.75 Å². The van der Waals surface area contributed by atoms with Crippen LogP contribution < -0.4 is 4.74 Å². The van der Waals surface area contributed by atoms with E-state index in [1.54, 1.807) is 6.07 Å². The van der Waals surface area contributed by atoms with Crippen molar-refractivity contribution in [2.24, 2.45) is 0 Å². The molecule has 154 valence electrons. The minimum absolute atomic E-state index is 0.376. The topological polar surface area (TPSA) is 46.5 Å². The summed E-state index contributed by atoms with van der Waals surface area (Å²) in [5, 5.41) is 9.50. The quantitative estimate of drug-likeness (QED) is 0.450. The molecule has 0 spiro atoms. The Kier molecular flexibility index (Phi) is 6.48. The minimum atomic E-state index is -0.860. The molecule has 3 nitrogen and oxygen atoms in total. The molecule has 1 N–H and O–H groups in total. The fourth-order valence-electron chi connectivity index (χ4n) is 4.36. The highest BCUT2D eigenvalue weighted by Gasteiger charge is 2.20. The van der Waals surface area contributed by atoms with E-state index in [9.17, 15) is 9.90 Å². The van der Waals surface area contributed by atoms with Crippen molar-refractivity contribution in [2.75, 3.05) is 0 Å². The van der Waals surface area contributed by atoms with Crippen LogP contribution in [0.15, 0.2) is 72.8 Å². The second-order valence-corrected chi connectivity index (χ2v) is 8.09. The summed E-state index contributed by atoms with van der Waals surface area (Å²) in [5.74, 6) is 0.401. The predicted molar refractivity (Wildman–Crippen MR) is 120 cm³/mol. The summed E-state index contributed by atoms with van der Waals surface area (Å²) >= 11 is 0. The molecule has 1 aliphatic carbocycles. The van der Waals surface area contributed by atoms with Crippen LogP contribution in [0.25, 0.3) is 11.1 Å². The smallest absolute Gasteiger partial charge is 0.335 e. The number of carboxylic acids is 1. The molecule has 3 heteroatoms. The van der Waals surface area contributed by atoms with E-state index in [1.165, 1.54) is 31.2 Å². The van der Waals surface area contributed by atoms with Gasteiger partial charge in [0, 0.05) is 0 Å². The van der Waals surface area contributed by atoms with Gasteiger partial charge in [-0.1, -0.05) is 74.2 Å². The lowest BCUT2D eigenvalue weighted by Crippen LogP contribution is -2.04. The van der Waals surface area contributed by atoms with Crippen molar-refractivity contribution in [2.45, 2.75) is 51.0 Å². The molecule has 4 rings (SSSR count). The summed E-state index contributed by atoms with van der Waals surface area (Å²) in [6.45, 7) is 0.542. The lowest BCUT2D eigenvalue weighted by atomic mass is 9.85. The molecule has 0 saturated heterocycles. The standard InChI is InChI=1S/C27H28O3/c28-27(29)23-14-17-25(26(18-23)21-10-6-1-2-7-11-21)22-12-15-24(16-13-22)30-19-20-8-4-3-5-9-20/h3-5,8-9,12-18,21H,1-2,6-7,10-11,19H2,(H,28,29). The van der Waals surface area contributed by atoms with Gasteiger partial charge in [0.2, 0.25) is 0 Å². The molecule has 30 heavy (non-hydrogen) atoms. The molecule has 0 atom stereocenters. The second-order valence-electron chi connectivity index (χ2n) is 8.09. The molecule has 0 bridgehead atoms. The molecule has 0 aromatic heterocycles. The van der Waals surface area contributed by atoms with Gasteiger partial charge in [0.25, 0.3) is 0 Å². The Morgan fingerprint density at radius 2 is 1.57 bits per heavy atom. The van der Waals surface area contributed by atoms with Crippen molar-refractivity contribution < 1.29 is 14.6 Å². The third-order valence-electron chi connectivity index (χ3n) is 6.01. The number of benzene rings is 3. The zero-order chi connectivity index (χ0) is 20.8. The molecule has 0 unspecified atom stereocenters. The normalized spacial score (nSPS) is 14.8. The number of hydrogen-bond donors (Lipinski definition) is 1. The Labute approximate surface area is 178 Å². The fraction of sp³-hybridized carbons (Fsp3) is 0.296. The zero-order valence-corrected chi connectivity index (χ0v) is 17.2. The van der Waals surface area contributed by atoms with Crippen LogP contribution in [-0.4, -0.2) is 11.1 Å². The molecule has 0 heterocycles. The van der Waals surface area contributed by atoms with E-state index < -0.39 is 5.97 Å². The van der Waals surface area contributed by atoms with E-state index in [1.807, 2.05) is 42.5 Å². The Bertz CT molecular complexity index is 969. The van der Waals surface area contributed by atoms with Gasteiger partial charge in [0.15, 0.2) is 0 Å².